The Morgan fingerprint density at radius 2 is 1.42 bits per heavy atom. The number of anilines is 2. The summed E-state index contributed by atoms with van der Waals surface area (Å²) in [6.07, 6.45) is 2.09. The molecule has 4 rings (SSSR count). The van der Waals surface area contributed by atoms with Crippen LogP contribution in [0.4, 0.5) is 16.2 Å². The SMILES string of the molecule is CC[C@@H](C)Oc1c(Cl)cc(C=C2C(=O)N(c3ccccc3)C(=O)N(c3ccccc3)C2=O)cc1OC. The summed E-state index contributed by atoms with van der Waals surface area (Å²) in [5.41, 5.74) is 0.941. The van der Waals surface area contributed by atoms with Gasteiger partial charge in [0, 0.05) is 0 Å². The molecular weight excluding hydrogens is 480 g/mol. The van der Waals surface area contributed by atoms with Gasteiger partial charge in [0.05, 0.1) is 29.6 Å². The van der Waals surface area contributed by atoms with Crippen molar-refractivity contribution in [2.24, 2.45) is 0 Å². The quantitative estimate of drug-likeness (QED) is 0.286. The maximum Gasteiger partial charge on any atom is 0.343 e. The van der Waals surface area contributed by atoms with E-state index in [4.69, 9.17) is 21.1 Å². The summed E-state index contributed by atoms with van der Waals surface area (Å²) >= 11 is 6.50. The molecule has 4 amide bonds. The summed E-state index contributed by atoms with van der Waals surface area (Å²) in [7, 11) is 1.48. The standard InChI is InChI=1S/C28H25ClN2O5/c1-4-18(2)36-25-23(29)16-19(17-24(25)35-3)15-22-26(32)30(20-11-7-5-8-12-20)28(34)31(27(22)33)21-13-9-6-10-14-21/h5-18H,4H2,1-3H3/t18-/m1/s1. The van der Waals surface area contributed by atoms with Crippen molar-refractivity contribution in [3.8, 4) is 11.5 Å². The van der Waals surface area contributed by atoms with Gasteiger partial charge >= 0.3 is 6.03 Å². The molecule has 8 heteroatoms. The fourth-order valence-corrected chi connectivity index (χ4v) is 3.99. The third-order valence-corrected chi connectivity index (χ3v) is 6.02. The predicted molar refractivity (Wildman–Crippen MR) is 140 cm³/mol. The molecule has 0 aliphatic carbocycles. The molecule has 3 aromatic rings. The summed E-state index contributed by atoms with van der Waals surface area (Å²) < 4.78 is 11.4. The number of rotatable bonds is 7. The lowest BCUT2D eigenvalue weighted by Gasteiger charge is -2.34. The van der Waals surface area contributed by atoms with Crippen LogP contribution in [-0.4, -0.2) is 31.1 Å². The lowest BCUT2D eigenvalue weighted by molar-refractivity contribution is -0.121. The molecule has 184 valence electrons. The Morgan fingerprint density at radius 1 is 0.889 bits per heavy atom. The monoisotopic (exact) mass is 504 g/mol. The van der Waals surface area contributed by atoms with E-state index in [1.165, 1.54) is 13.2 Å². The van der Waals surface area contributed by atoms with Crippen molar-refractivity contribution in [3.63, 3.8) is 0 Å². The van der Waals surface area contributed by atoms with E-state index >= 15 is 0 Å². The number of amides is 4. The minimum absolute atomic E-state index is 0.0908. The molecule has 7 nitrogen and oxygen atoms in total. The second-order valence-corrected chi connectivity index (χ2v) is 8.57. The minimum atomic E-state index is -0.757. The van der Waals surface area contributed by atoms with E-state index in [2.05, 4.69) is 0 Å². The van der Waals surface area contributed by atoms with Gasteiger partial charge in [0.1, 0.15) is 5.57 Å². The maximum absolute atomic E-state index is 13.5. The van der Waals surface area contributed by atoms with Crippen molar-refractivity contribution >= 4 is 46.9 Å². The normalized spacial score (nSPS) is 14.7. The summed E-state index contributed by atoms with van der Waals surface area (Å²) in [6.45, 7) is 3.90. The lowest BCUT2D eigenvalue weighted by Crippen LogP contribution is -2.57. The van der Waals surface area contributed by atoms with Crippen LogP contribution in [0.3, 0.4) is 0 Å². The largest absolute Gasteiger partial charge is 0.493 e. The molecule has 1 aliphatic rings. The van der Waals surface area contributed by atoms with Gasteiger partial charge in [-0.2, -0.15) is 0 Å². The van der Waals surface area contributed by atoms with E-state index in [-0.39, 0.29) is 16.7 Å². The molecule has 0 unspecified atom stereocenters. The minimum Gasteiger partial charge on any atom is -0.493 e. The topological polar surface area (TPSA) is 76.2 Å². The third-order valence-electron chi connectivity index (χ3n) is 5.74. The van der Waals surface area contributed by atoms with Crippen LogP contribution in [0.5, 0.6) is 11.5 Å². The fraction of sp³-hybridized carbons (Fsp3) is 0.179. The van der Waals surface area contributed by atoms with Gasteiger partial charge < -0.3 is 9.47 Å². The fourth-order valence-electron chi connectivity index (χ4n) is 3.73. The van der Waals surface area contributed by atoms with Gasteiger partial charge in [-0.25, -0.2) is 14.6 Å². The number of halogens is 1. The predicted octanol–water partition coefficient (Wildman–Crippen LogP) is 6.11. The summed E-state index contributed by atoms with van der Waals surface area (Å²) in [5, 5.41) is 0.271. The highest BCUT2D eigenvalue weighted by molar-refractivity contribution is 6.46. The van der Waals surface area contributed by atoms with Crippen LogP contribution in [0.1, 0.15) is 25.8 Å². The van der Waals surface area contributed by atoms with Gasteiger partial charge in [-0.1, -0.05) is 54.9 Å². The van der Waals surface area contributed by atoms with Gasteiger partial charge in [0.15, 0.2) is 11.5 Å². The van der Waals surface area contributed by atoms with Gasteiger partial charge in [0.25, 0.3) is 11.8 Å². The first-order chi connectivity index (χ1) is 17.3. The van der Waals surface area contributed by atoms with Crippen LogP contribution in [0.25, 0.3) is 6.08 Å². The van der Waals surface area contributed by atoms with Crippen LogP contribution in [0.2, 0.25) is 5.02 Å². The Balaban J connectivity index is 1.83. The number of benzene rings is 3. The number of nitrogens with zero attached hydrogens (tertiary/aromatic N) is 2. The van der Waals surface area contributed by atoms with Crippen molar-refractivity contribution in [1.82, 2.24) is 0 Å². The molecule has 1 aliphatic heterocycles. The zero-order valence-corrected chi connectivity index (χ0v) is 20.9. The van der Waals surface area contributed by atoms with E-state index in [0.717, 1.165) is 16.2 Å². The number of hydrogen-bond acceptors (Lipinski definition) is 5. The average Bonchev–Trinajstić information content (AvgIpc) is 2.89. The Labute approximate surface area is 214 Å². The summed E-state index contributed by atoms with van der Waals surface area (Å²) in [4.78, 5) is 42.4. The number of hydrogen-bond donors (Lipinski definition) is 0. The molecule has 3 aromatic carbocycles. The lowest BCUT2D eigenvalue weighted by atomic mass is 10.0. The molecule has 0 bridgehead atoms. The molecule has 0 N–H and O–H groups in total. The smallest absolute Gasteiger partial charge is 0.343 e. The van der Waals surface area contributed by atoms with Crippen LogP contribution in [-0.2, 0) is 9.59 Å². The van der Waals surface area contributed by atoms with E-state index in [0.29, 0.717) is 28.4 Å². The molecule has 36 heavy (non-hydrogen) atoms. The van der Waals surface area contributed by atoms with Crippen molar-refractivity contribution in [3.05, 3.63) is 89.0 Å². The molecule has 0 radical (unpaired) electrons. The Bertz CT molecular complexity index is 1260. The number of ether oxygens (including phenoxy) is 2. The Hall–Kier alpha value is -4.10. The number of para-hydroxylation sites is 2. The molecule has 1 heterocycles. The third kappa shape index (κ3) is 4.83. The first-order valence-corrected chi connectivity index (χ1v) is 11.8. The molecule has 0 saturated carbocycles. The number of carbonyl (C=O) groups is 3. The van der Waals surface area contributed by atoms with Gasteiger partial charge in [-0.05, 0) is 61.4 Å². The zero-order chi connectivity index (χ0) is 25.8. The molecule has 1 saturated heterocycles. The van der Waals surface area contributed by atoms with E-state index in [9.17, 15) is 14.4 Å². The molecule has 0 spiro atoms. The number of methoxy groups -OCH3 is 1. The summed E-state index contributed by atoms with van der Waals surface area (Å²) in [5.74, 6) is -0.734. The van der Waals surface area contributed by atoms with Crippen molar-refractivity contribution < 1.29 is 23.9 Å². The summed E-state index contributed by atoms with van der Waals surface area (Å²) in [6, 6.07) is 19.4. The van der Waals surface area contributed by atoms with E-state index in [1.807, 2.05) is 13.8 Å². The molecule has 0 aromatic heterocycles. The average molecular weight is 505 g/mol. The van der Waals surface area contributed by atoms with Crippen LogP contribution < -0.4 is 19.3 Å². The highest BCUT2D eigenvalue weighted by Crippen LogP contribution is 2.38. The first-order valence-electron chi connectivity index (χ1n) is 11.4. The highest BCUT2D eigenvalue weighted by atomic mass is 35.5. The Kier molecular flexibility index (Phi) is 7.41. The van der Waals surface area contributed by atoms with Crippen molar-refractivity contribution in [2.75, 3.05) is 16.9 Å². The number of urea groups is 1. The molecule has 1 atom stereocenters. The van der Waals surface area contributed by atoms with Crippen LogP contribution >= 0.6 is 11.6 Å². The van der Waals surface area contributed by atoms with Gasteiger partial charge in [-0.3, -0.25) is 9.59 Å². The number of imide groups is 2. The maximum atomic E-state index is 13.5. The molecule has 1 fully saturated rings. The van der Waals surface area contributed by atoms with Crippen LogP contribution in [0, 0.1) is 0 Å². The second kappa shape index (κ2) is 10.7. The number of barbiturate groups is 1. The van der Waals surface area contributed by atoms with Crippen molar-refractivity contribution in [1.29, 1.82) is 0 Å². The van der Waals surface area contributed by atoms with Crippen LogP contribution in [0.15, 0.2) is 78.4 Å². The van der Waals surface area contributed by atoms with Gasteiger partial charge in [-0.15, -0.1) is 0 Å². The van der Waals surface area contributed by atoms with E-state index < -0.39 is 17.8 Å². The highest BCUT2D eigenvalue weighted by Gasteiger charge is 2.43. The first kappa shape index (κ1) is 25.0. The van der Waals surface area contributed by atoms with Crippen molar-refractivity contribution in [2.45, 2.75) is 26.4 Å². The second-order valence-electron chi connectivity index (χ2n) is 8.16. The Morgan fingerprint density at radius 3 is 1.89 bits per heavy atom. The number of carbonyl (C=O) groups excluding carboxylic acids is 3. The zero-order valence-electron chi connectivity index (χ0n) is 20.1. The molecular formula is C28H25ClN2O5. The van der Waals surface area contributed by atoms with Gasteiger partial charge in [0.2, 0.25) is 0 Å². The van der Waals surface area contributed by atoms with E-state index in [1.54, 1.807) is 72.8 Å².